The first kappa shape index (κ1) is 15.3. The van der Waals surface area contributed by atoms with E-state index in [0.717, 1.165) is 19.7 Å². The summed E-state index contributed by atoms with van der Waals surface area (Å²) in [6.07, 6.45) is 7.70. The first-order valence-corrected chi connectivity index (χ1v) is 7.93. The molecule has 1 spiro atoms. The second-order valence-electron chi connectivity index (χ2n) is 7.71. The Morgan fingerprint density at radius 3 is 2.58 bits per heavy atom. The van der Waals surface area contributed by atoms with E-state index in [1.54, 1.807) is 0 Å². The second-order valence-corrected chi connectivity index (χ2v) is 7.71. The standard InChI is InChI=1S/C16H32N2O/c1-15(2,13-18(3)4)12-17-14-7-10-19-16(11-14)8-5-6-9-16/h14,17H,5-13H2,1-4H3. The normalized spacial score (nSPS) is 27.3. The summed E-state index contributed by atoms with van der Waals surface area (Å²) in [4.78, 5) is 2.28. The van der Waals surface area contributed by atoms with Crippen LogP contribution in [0.25, 0.3) is 0 Å². The third-order valence-electron chi connectivity index (χ3n) is 4.62. The van der Waals surface area contributed by atoms with Gasteiger partial charge in [0, 0.05) is 25.7 Å². The molecule has 0 radical (unpaired) electrons. The summed E-state index contributed by atoms with van der Waals surface area (Å²) < 4.78 is 6.10. The van der Waals surface area contributed by atoms with E-state index in [2.05, 4.69) is 38.2 Å². The largest absolute Gasteiger partial charge is 0.375 e. The maximum atomic E-state index is 6.10. The minimum absolute atomic E-state index is 0.238. The van der Waals surface area contributed by atoms with Gasteiger partial charge in [0.1, 0.15) is 0 Å². The summed E-state index contributed by atoms with van der Waals surface area (Å²) in [6, 6.07) is 0.660. The highest BCUT2D eigenvalue weighted by molar-refractivity contribution is 4.94. The van der Waals surface area contributed by atoms with E-state index < -0.39 is 0 Å². The van der Waals surface area contributed by atoms with Crippen LogP contribution in [-0.2, 0) is 4.74 Å². The minimum atomic E-state index is 0.238. The molecular weight excluding hydrogens is 236 g/mol. The summed E-state index contributed by atoms with van der Waals surface area (Å²) >= 11 is 0. The molecule has 1 saturated carbocycles. The van der Waals surface area contributed by atoms with Crippen LogP contribution >= 0.6 is 0 Å². The lowest BCUT2D eigenvalue weighted by atomic mass is 9.87. The lowest BCUT2D eigenvalue weighted by molar-refractivity contribution is -0.0844. The minimum Gasteiger partial charge on any atom is -0.375 e. The van der Waals surface area contributed by atoms with Crippen molar-refractivity contribution in [1.29, 1.82) is 0 Å². The topological polar surface area (TPSA) is 24.5 Å². The summed E-state index contributed by atoms with van der Waals surface area (Å²) in [7, 11) is 4.31. The van der Waals surface area contributed by atoms with Gasteiger partial charge in [-0.3, -0.25) is 0 Å². The van der Waals surface area contributed by atoms with Gasteiger partial charge in [0.05, 0.1) is 5.60 Å². The fourth-order valence-electron chi connectivity index (χ4n) is 3.90. The van der Waals surface area contributed by atoms with Crippen molar-refractivity contribution in [3.63, 3.8) is 0 Å². The van der Waals surface area contributed by atoms with Crippen LogP contribution in [0.1, 0.15) is 52.4 Å². The number of rotatable bonds is 5. The Hall–Kier alpha value is -0.120. The molecule has 2 rings (SSSR count). The molecule has 1 saturated heterocycles. The zero-order chi connectivity index (χ0) is 13.9. The molecule has 0 aromatic heterocycles. The van der Waals surface area contributed by atoms with Gasteiger partial charge in [0.15, 0.2) is 0 Å². The van der Waals surface area contributed by atoms with E-state index in [-0.39, 0.29) is 5.60 Å². The van der Waals surface area contributed by atoms with E-state index >= 15 is 0 Å². The molecule has 1 unspecified atom stereocenters. The number of hydrogen-bond acceptors (Lipinski definition) is 3. The van der Waals surface area contributed by atoms with Crippen molar-refractivity contribution in [1.82, 2.24) is 10.2 Å². The van der Waals surface area contributed by atoms with Crippen LogP contribution in [0.3, 0.4) is 0 Å². The van der Waals surface area contributed by atoms with Gasteiger partial charge in [-0.2, -0.15) is 0 Å². The van der Waals surface area contributed by atoms with Gasteiger partial charge in [-0.25, -0.2) is 0 Å². The molecule has 2 fully saturated rings. The molecule has 19 heavy (non-hydrogen) atoms. The van der Waals surface area contributed by atoms with Crippen LogP contribution in [0.2, 0.25) is 0 Å². The lowest BCUT2D eigenvalue weighted by Gasteiger charge is -2.40. The Labute approximate surface area is 119 Å². The molecule has 1 heterocycles. The summed E-state index contributed by atoms with van der Waals surface area (Å²) in [5.74, 6) is 0. The molecule has 1 N–H and O–H groups in total. The number of hydrogen-bond donors (Lipinski definition) is 1. The zero-order valence-corrected chi connectivity index (χ0v) is 13.3. The Morgan fingerprint density at radius 1 is 1.26 bits per heavy atom. The highest BCUT2D eigenvalue weighted by Gasteiger charge is 2.40. The third kappa shape index (κ3) is 4.44. The van der Waals surface area contributed by atoms with Crippen LogP contribution in [0.4, 0.5) is 0 Å². The molecule has 3 nitrogen and oxygen atoms in total. The molecule has 3 heteroatoms. The van der Waals surface area contributed by atoms with Crippen molar-refractivity contribution in [3.8, 4) is 0 Å². The van der Waals surface area contributed by atoms with Crippen molar-refractivity contribution in [2.24, 2.45) is 5.41 Å². The molecule has 1 aliphatic carbocycles. The van der Waals surface area contributed by atoms with Gasteiger partial charge >= 0.3 is 0 Å². The maximum absolute atomic E-state index is 6.10. The van der Waals surface area contributed by atoms with E-state index in [9.17, 15) is 0 Å². The SMILES string of the molecule is CN(C)CC(C)(C)CNC1CCOC2(CCCC2)C1. The van der Waals surface area contributed by atoms with Crippen molar-refractivity contribution < 1.29 is 4.74 Å². The summed E-state index contributed by atoms with van der Waals surface area (Å²) in [6.45, 7) is 7.89. The number of ether oxygens (including phenoxy) is 1. The highest BCUT2D eigenvalue weighted by atomic mass is 16.5. The first-order chi connectivity index (χ1) is 8.91. The average Bonchev–Trinajstić information content (AvgIpc) is 2.73. The Bertz CT molecular complexity index is 282. The Balaban J connectivity index is 1.79. The molecule has 1 atom stereocenters. The predicted molar refractivity (Wildman–Crippen MR) is 80.5 cm³/mol. The van der Waals surface area contributed by atoms with Gasteiger partial charge in [-0.05, 0) is 45.2 Å². The van der Waals surface area contributed by atoms with Crippen molar-refractivity contribution >= 4 is 0 Å². The van der Waals surface area contributed by atoms with E-state index in [0.29, 0.717) is 11.5 Å². The van der Waals surface area contributed by atoms with Gasteiger partial charge in [-0.15, -0.1) is 0 Å². The van der Waals surface area contributed by atoms with Gasteiger partial charge in [0.2, 0.25) is 0 Å². The fraction of sp³-hybridized carbons (Fsp3) is 1.00. The van der Waals surface area contributed by atoms with Crippen LogP contribution in [0.5, 0.6) is 0 Å². The smallest absolute Gasteiger partial charge is 0.0697 e. The summed E-state index contributed by atoms with van der Waals surface area (Å²) in [5, 5.41) is 3.81. The predicted octanol–water partition coefficient (Wildman–Crippen LogP) is 2.66. The molecular formula is C16H32N2O. The van der Waals surface area contributed by atoms with E-state index in [4.69, 9.17) is 4.74 Å². The third-order valence-corrected chi connectivity index (χ3v) is 4.62. The van der Waals surface area contributed by atoms with Crippen molar-refractivity contribution in [2.75, 3.05) is 33.8 Å². The molecule has 0 amide bonds. The lowest BCUT2D eigenvalue weighted by Crippen LogP contribution is -2.48. The monoisotopic (exact) mass is 268 g/mol. The Kier molecular flexibility index (Phi) is 4.91. The van der Waals surface area contributed by atoms with Crippen molar-refractivity contribution in [3.05, 3.63) is 0 Å². The van der Waals surface area contributed by atoms with Gasteiger partial charge in [-0.1, -0.05) is 26.7 Å². The number of nitrogens with zero attached hydrogens (tertiary/aromatic N) is 1. The summed E-state index contributed by atoms with van der Waals surface area (Å²) in [5.41, 5.74) is 0.576. The van der Waals surface area contributed by atoms with E-state index in [1.807, 2.05) is 0 Å². The van der Waals surface area contributed by atoms with Crippen LogP contribution in [-0.4, -0.2) is 50.3 Å². The van der Waals surface area contributed by atoms with Crippen LogP contribution < -0.4 is 5.32 Å². The van der Waals surface area contributed by atoms with Crippen molar-refractivity contribution in [2.45, 2.75) is 64.0 Å². The maximum Gasteiger partial charge on any atom is 0.0697 e. The van der Waals surface area contributed by atoms with Gasteiger partial charge < -0.3 is 15.0 Å². The fourth-order valence-corrected chi connectivity index (χ4v) is 3.90. The van der Waals surface area contributed by atoms with Crippen LogP contribution in [0, 0.1) is 5.41 Å². The van der Waals surface area contributed by atoms with Crippen LogP contribution in [0.15, 0.2) is 0 Å². The highest BCUT2D eigenvalue weighted by Crippen LogP contribution is 2.40. The molecule has 0 bridgehead atoms. The zero-order valence-electron chi connectivity index (χ0n) is 13.3. The Morgan fingerprint density at radius 2 is 1.95 bits per heavy atom. The average molecular weight is 268 g/mol. The number of nitrogens with one attached hydrogen (secondary N) is 1. The quantitative estimate of drug-likeness (QED) is 0.829. The molecule has 2 aliphatic rings. The van der Waals surface area contributed by atoms with Gasteiger partial charge in [0.25, 0.3) is 0 Å². The second kappa shape index (κ2) is 6.11. The molecule has 0 aromatic rings. The first-order valence-electron chi connectivity index (χ1n) is 7.93. The molecule has 112 valence electrons. The van der Waals surface area contributed by atoms with E-state index in [1.165, 1.54) is 38.5 Å². The molecule has 1 aliphatic heterocycles. The molecule has 0 aromatic carbocycles.